The Kier molecular flexibility index (Phi) is 4.06. The molecule has 116 valence electrons. The molecule has 2 fully saturated rings. The normalized spacial score (nSPS) is 20.8. The predicted molar refractivity (Wildman–Crippen MR) is 75.1 cm³/mol. The molecular formula is C15H20F3N3. The third kappa shape index (κ3) is 3.87. The van der Waals surface area contributed by atoms with Gasteiger partial charge in [0.15, 0.2) is 0 Å². The first kappa shape index (κ1) is 14.6. The summed E-state index contributed by atoms with van der Waals surface area (Å²) >= 11 is 0. The second-order valence-electron chi connectivity index (χ2n) is 5.96. The lowest BCUT2D eigenvalue weighted by atomic mass is 9.96. The van der Waals surface area contributed by atoms with E-state index in [1.54, 1.807) is 6.20 Å². The first-order valence-corrected chi connectivity index (χ1v) is 7.52. The molecule has 0 atom stereocenters. The van der Waals surface area contributed by atoms with Gasteiger partial charge in [0.25, 0.3) is 0 Å². The third-order valence-electron chi connectivity index (χ3n) is 4.27. The van der Waals surface area contributed by atoms with Gasteiger partial charge in [-0.05, 0) is 37.8 Å². The zero-order valence-electron chi connectivity index (χ0n) is 11.9. The van der Waals surface area contributed by atoms with E-state index in [0.717, 1.165) is 17.9 Å². The molecule has 2 aliphatic rings. The molecule has 0 unspecified atom stereocenters. The SMILES string of the molecule is FC(F)(F)C1CCN(c2ccnc(CNC3CC3)c2)CC1. The molecule has 0 radical (unpaired) electrons. The highest BCUT2D eigenvalue weighted by Gasteiger charge is 2.41. The van der Waals surface area contributed by atoms with Crippen molar-refractivity contribution in [3.63, 3.8) is 0 Å². The van der Waals surface area contributed by atoms with E-state index in [4.69, 9.17) is 0 Å². The van der Waals surface area contributed by atoms with Gasteiger partial charge < -0.3 is 10.2 Å². The first-order chi connectivity index (χ1) is 10.0. The summed E-state index contributed by atoms with van der Waals surface area (Å²) in [5.41, 5.74) is 1.94. The molecule has 21 heavy (non-hydrogen) atoms. The Balaban J connectivity index is 1.58. The molecule has 0 aromatic carbocycles. The highest BCUT2D eigenvalue weighted by Crippen LogP contribution is 2.35. The van der Waals surface area contributed by atoms with Gasteiger partial charge in [0, 0.05) is 37.6 Å². The largest absolute Gasteiger partial charge is 0.391 e. The molecule has 1 saturated heterocycles. The number of pyridine rings is 1. The van der Waals surface area contributed by atoms with Gasteiger partial charge >= 0.3 is 6.18 Å². The maximum Gasteiger partial charge on any atom is 0.391 e. The molecular weight excluding hydrogens is 279 g/mol. The van der Waals surface area contributed by atoms with E-state index in [0.29, 0.717) is 19.1 Å². The van der Waals surface area contributed by atoms with Gasteiger partial charge in [-0.3, -0.25) is 4.98 Å². The zero-order valence-corrected chi connectivity index (χ0v) is 11.9. The fourth-order valence-corrected chi connectivity index (χ4v) is 2.76. The second-order valence-corrected chi connectivity index (χ2v) is 5.96. The summed E-state index contributed by atoms with van der Waals surface area (Å²) in [6.45, 7) is 1.66. The third-order valence-corrected chi connectivity index (χ3v) is 4.27. The van der Waals surface area contributed by atoms with Crippen molar-refractivity contribution < 1.29 is 13.2 Å². The highest BCUT2D eigenvalue weighted by molar-refractivity contribution is 5.46. The van der Waals surface area contributed by atoms with E-state index in [-0.39, 0.29) is 12.8 Å². The lowest BCUT2D eigenvalue weighted by Gasteiger charge is -2.34. The lowest BCUT2D eigenvalue weighted by Crippen LogP contribution is -2.39. The average molecular weight is 299 g/mol. The van der Waals surface area contributed by atoms with E-state index in [9.17, 15) is 13.2 Å². The van der Waals surface area contributed by atoms with Crippen molar-refractivity contribution in [2.24, 2.45) is 5.92 Å². The van der Waals surface area contributed by atoms with Crippen LogP contribution in [0.2, 0.25) is 0 Å². The predicted octanol–water partition coefficient (Wildman–Crippen LogP) is 3.11. The van der Waals surface area contributed by atoms with Gasteiger partial charge in [-0.15, -0.1) is 0 Å². The first-order valence-electron chi connectivity index (χ1n) is 7.52. The second kappa shape index (κ2) is 5.83. The van der Waals surface area contributed by atoms with Gasteiger partial charge in [0.2, 0.25) is 0 Å². The number of anilines is 1. The minimum absolute atomic E-state index is 0.182. The van der Waals surface area contributed by atoms with E-state index < -0.39 is 12.1 Å². The van der Waals surface area contributed by atoms with Gasteiger partial charge in [-0.2, -0.15) is 13.2 Å². The summed E-state index contributed by atoms with van der Waals surface area (Å²) in [7, 11) is 0. The van der Waals surface area contributed by atoms with Gasteiger partial charge in [-0.1, -0.05) is 0 Å². The minimum Gasteiger partial charge on any atom is -0.371 e. The number of hydrogen-bond donors (Lipinski definition) is 1. The molecule has 1 saturated carbocycles. The standard InChI is InChI=1S/C15H20F3N3/c16-15(17,18)11-4-7-21(8-5-11)14-3-6-19-13(9-14)10-20-12-1-2-12/h3,6,9,11-12,20H,1-2,4-5,7-8,10H2. The summed E-state index contributed by atoms with van der Waals surface area (Å²) < 4.78 is 38.0. The summed E-state index contributed by atoms with van der Waals surface area (Å²) in [5.74, 6) is -1.15. The Hall–Kier alpha value is -1.30. The van der Waals surface area contributed by atoms with Crippen LogP contribution in [-0.4, -0.2) is 30.3 Å². The number of nitrogens with one attached hydrogen (secondary N) is 1. The summed E-state index contributed by atoms with van der Waals surface area (Å²) in [6.07, 6.45) is 0.511. The van der Waals surface area contributed by atoms with E-state index in [1.165, 1.54) is 12.8 Å². The molecule has 0 spiro atoms. The van der Waals surface area contributed by atoms with Crippen molar-refractivity contribution in [1.29, 1.82) is 0 Å². The maximum atomic E-state index is 12.7. The molecule has 1 aromatic rings. The molecule has 1 aromatic heterocycles. The number of piperidine rings is 1. The zero-order chi connectivity index (χ0) is 14.9. The average Bonchev–Trinajstić information content (AvgIpc) is 3.29. The summed E-state index contributed by atoms with van der Waals surface area (Å²) in [5, 5.41) is 3.40. The summed E-state index contributed by atoms with van der Waals surface area (Å²) in [6, 6.07) is 4.50. The van der Waals surface area contributed by atoms with Crippen LogP contribution in [0.1, 0.15) is 31.4 Å². The van der Waals surface area contributed by atoms with Crippen LogP contribution >= 0.6 is 0 Å². The van der Waals surface area contributed by atoms with Crippen LogP contribution in [0.5, 0.6) is 0 Å². The number of alkyl halides is 3. The van der Waals surface area contributed by atoms with Gasteiger partial charge in [0.05, 0.1) is 11.6 Å². The van der Waals surface area contributed by atoms with Crippen LogP contribution in [0, 0.1) is 5.92 Å². The highest BCUT2D eigenvalue weighted by atomic mass is 19.4. The van der Waals surface area contributed by atoms with E-state index in [1.807, 2.05) is 17.0 Å². The molecule has 0 amide bonds. The lowest BCUT2D eigenvalue weighted by molar-refractivity contribution is -0.179. The number of aromatic nitrogens is 1. The fraction of sp³-hybridized carbons (Fsp3) is 0.667. The van der Waals surface area contributed by atoms with Crippen molar-refractivity contribution in [2.75, 3.05) is 18.0 Å². The molecule has 3 nitrogen and oxygen atoms in total. The minimum atomic E-state index is -4.05. The molecule has 6 heteroatoms. The Bertz CT molecular complexity index is 477. The molecule has 1 aliphatic carbocycles. The molecule has 3 rings (SSSR count). The summed E-state index contributed by atoms with van der Waals surface area (Å²) in [4.78, 5) is 6.35. The molecule has 2 heterocycles. The Morgan fingerprint density at radius 1 is 1.19 bits per heavy atom. The van der Waals surface area contributed by atoms with E-state index in [2.05, 4.69) is 10.3 Å². The van der Waals surface area contributed by atoms with Crippen LogP contribution in [0.3, 0.4) is 0 Å². The van der Waals surface area contributed by atoms with Crippen LogP contribution in [0.4, 0.5) is 18.9 Å². The van der Waals surface area contributed by atoms with Crippen molar-refractivity contribution in [3.8, 4) is 0 Å². The number of halogens is 3. The monoisotopic (exact) mass is 299 g/mol. The van der Waals surface area contributed by atoms with Crippen molar-refractivity contribution in [1.82, 2.24) is 10.3 Å². The Labute approximate surface area is 122 Å². The van der Waals surface area contributed by atoms with Gasteiger partial charge in [0.1, 0.15) is 0 Å². The molecule has 1 N–H and O–H groups in total. The van der Waals surface area contributed by atoms with Crippen LogP contribution < -0.4 is 10.2 Å². The van der Waals surface area contributed by atoms with Crippen LogP contribution in [-0.2, 0) is 6.54 Å². The van der Waals surface area contributed by atoms with Crippen molar-refractivity contribution in [2.45, 2.75) is 44.4 Å². The number of hydrogen-bond acceptors (Lipinski definition) is 3. The fourth-order valence-electron chi connectivity index (χ4n) is 2.76. The maximum absolute atomic E-state index is 12.7. The quantitative estimate of drug-likeness (QED) is 0.926. The van der Waals surface area contributed by atoms with Crippen molar-refractivity contribution in [3.05, 3.63) is 24.0 Å². The van der Waals surface area contributed by atoms with Crippen LogP contribution in [0.25, 0.3) is 0 Å². The number of nitrogens with zero attached hydrogens (tertiary/aromatic N) is 2. The molecule has 1 aliphatic heterocycles. The topological polar surface area (TPSA) is 28.2 Å². The number of rotatable bonds is 4. The Morgan fingerprint density at radius 3 is 2.52 bits per heavy atom. The Morgan fingerprint density at radius 2 is 1.90 bits per heavy atom. The van der Waals surface area contributed by atoms with Gasteiger partial charge in [-0.25, -0.2) is 0 Å². The molecule has 0 bridgehead atoms. The van der Waals surface area contributed by atoms with Crippen molar-refractivity contribution >= 4 is 5.69 Å². The van der Waals surface area contributed by atoms with Crippen LogP contribution in [0.15, 0.2) is 18.3 Å². The van der Waals surface area contributed by atoms with E-state index >= 15 is 0 Å². The smallest absolute Gasteiger partial charge is 0.371 e.